The second kappa shape index (κ2) is 4.74. The molecule has 0 atom stereocenters. The Morgan fingerprint density at radius 1 is 1.44 bits per heavy atom. The molecule has 0 fully saturated rings. The zero-order chi connectivity index (χ0) is 11.5. The smallest absolute Gasteiger partial charge is 0.256 e. The normalized spacial score (nSPS) is 11.5. The van der Waals surface area contributed by atoms with Crippen molar-refractivity contribution < 1.29 is 8.78 Å². The summed E-state index contributed by atoms with van der Waals surface area (Å²) >= 11 is 5.61. The number of alkyl halides is 3. The van der Waals surface area contributed by atoms with Gasteiger partial charge in [0.05, 0.1) is 6.54 Å². The molecule has 0 saturated heterocycles. The fourth-order valence-corrected chi connectivity index (χ4v) is 1.78. The van der Waals surface area contributed by atoms with Crippen LogP contribution in [-0.4, -0.2) is 26.8 Å². The van der Waals surface area contributed by atoms with Crippen molar-refractivity contribution in [3.8, 4) is 0 Å². The maximum absolute atomic E-state index is 12.4. The van der Waals surface area contributed by atoms with Gasteiger partial charge in [-0.2, -0.15) is 0 Å². The van der Waals surface area contributed by atoms with E-state index in [1.54, 1.807) is 18.3 Å². The predicted octanol–water partition coefficient (Wildman–Crippen LogP) is 2.48. The Hall–Kier alpha value is -1.23. The minimum absolute atomic E-state index is 0.354. The molecule has 0 aromatic carbocycles. The molecule has 0 N–H and O–H groups in total. The third-order valence-electron chi connectivity index (χ3n) is 2.22. The van der Waals surface area contributed by atoms with Crippen LogP contribution in [0, 0.1) is 0 Å². The summed E-state index contributed by atoms with van der Waals surface area (Å²) in [6, 6.07) is 3.48. The van der Waals surface area contributed by atoms with E-state index in [2.05, 4.69) is 9.97 Å². The monoisotopic (exact) mass is 245 g/mol. The molecule has 2 aromatic heterocycles. The second-order valence-corrected chi connectivity index (χ2v) is 3.69. The van der Waals surface area contributed by atoms with Crippen LogP contribution in [0.3, 0.4) is 0 Å². The highest BCUT2D eigenvalue weighted by Gasteiger charge is 2.14. The van der Waals surface area contributed by atoms with E-state index in [9.17, 15) is 8.78 Å². The SMILES string of the molecule is FC(F)Cn1c(CCCl)nc2cccnc21. The molecule has 0 unspecified atom stereocenters. The molecule has 0 radical (unpaired) electrons. The van der Waals surface area contributed by atoms with Crippen LogP contribution in [0.1, 0.15) is 5.82 Å². The number of imidazole rings is 1. The van der Waals surface area contributed by atoms with Crippen LogP contribution >= 0.6 is 11.6 Å². The number of pyridine rings is 1. The van der Waals surface area contributed by atoms with E-state index in [4.69, 9.17) is 11.6 Å². The van der Waals surface area contributed by atoms with Crippen LogP contribution in [0.15, 0.2) is 18.3 Å². The summed E-state index contributed by atoms with van der Waals surface area (Å²) in [5.41, 5.74) is 1.12. The zero-order valence-corrected chi connectivity index (χ0v) is 9.16. The van der Waals surface area contributed by atoms with Gasteiger partial charge in [0.2, 0.25) is 0 Å². The first kappa shape index (κ1) is 11.3. The van der Waals surface area contributed by atoms with Crippen molar-refractivity contribution in [1.82, 2.24) is 14.5 Å². The van der Waals surface area contributed by atoms with Gasteiger partial charge in [-0.1, -0.05) is 0 Å². The Morgan fingerprint density at radius 2 is 2.25 bits per heavy atom. The Labute approximate surface area is 96.1 Å². The van der Waals surface area contributed by atoms with E-state index in [-0.39, 0.29) is 6.54 Å². The molecule has 0 spiro atoms. The maximum atomic E-state index is 12.4. The van der Waals surface area contributed by atoms with Crippen LogP contribution in [0.2, 0.25) is 0 Å². The van der Waals surface area contributed by atoms with Gasteiger partial charge >= 0.3 is 0 Å². The Bertz CT molecular complexity index is 484. The number of nitrogens with zero attached hydrogens (tertiary/aromatic N) is 3. The van der Waals surface area contributed by atoms with Gasteiger partial charge in [-0.25, -0.2) is 18.7 Å². The van der Waals surface area contributed by atoms with Gasteiger partial charge in [-0.15, -0.1) is 11.6 Å². The zero-order valence-electron chi connectivity index (χ0n) is 8.41. The third kappa shape index (κ3) is 2.14. The lowest BCUT2D eigenvalue weighted by Crippen LogP contribution is -2.11. The fraction of sp³-hybridized carbons (Fsp3) is 0.400. The molecule has 0 aliphatic rings. The molecule has 2 aromatic rings. The molecule has 16 heavy (non-hydrogen) atoms. The van der Waals surface area contributed by atoms with Crippen LogP contribution < -0.4 is 0 Å². The van der Waals surface area contributed by atoms with Crippen molar-refractivity contribution in [1.29, 1.82) is 0 Å². The quantitative estimate of drug-likeness (QED) is 0.775. The van der Waals surface area contributed by atoms with Gasteiger partial charge in [0.1, 0.15) is 11.3 Å². The van der Waals surface area contributed by atoms with Crippen LogP contribution in [0.4, 0.5) is 8.78 Å². The molecular weight excluding hydrogens is 236 g/mol. The summed E-state index contributed by atoms with van der Waals surface area (Å²) in [7, 11) is 0. The molecule has 0 amide bonds. The van der Waals surface area contributed by atoms with Crippen molar-refractivity contribution in [3.63, 3.8) is 0 Å². The highest BCUT2D eigenvalue weighted by atomic mass is 35.5. The maximum Gasteiger partial charge on any atom is 0.256 e. The van der Waals surface area contributed by atoms with E-state index in [0.717, 1.165) is 0 Å². The lowest BCUT2D eigenvalue weighted by Gasteiger charge is -2.06. The van der Waals surface area contributed by atoms with E-state index < -0.39 is 6.43 Å². The summed E-state index contributed by atoms with van der Waals surface area (Å²) in [5.74, 6) is 0.913. The Morgan fingerprint density at radius 3 is 2.94 bits per heavy atom. The van der Waals surface area contributed by atoms with Gasteiger partial charge in [-0.05, 0) is 12.1 Å². The van der Waals surface area contributed by atoms with Crippen LogP contribution in [0.25, 0.3) is 11.2 Å². The van der Waals surface area contributed by atoms with Crippen LogP contribution in [-0.2, 0) is 13.0 Å². The summed E-state index contributed by atoms with van der Waals surface area (Å²) in [5, 5.41) is 0. The fourth-order valence-electron chi connectivity index (χ4n) is 1.61. The van der Waals surface area contributed by atoms with Gasteiger partial charge in [0.15, 0.2) is 5.65 Å². The lowest BCUT2D eigenvalue weighted by atomic mass is 10.4. The summed E-state index contributed by atoms with van der Waals surface area (Å²) in [6.07, 6.45) is -0.394. The number of halogens is 3. The first-order chi connectivity index (χ1) is 7.72. The van der Waals surface area contributed by atoms with Crippen molar-refractivity contribution in [3.05, 3.63) is 24.2 Å². The number of fused-ring (bicyclic) bond motifs is 1. The van der Waals surface area contributed by atoms with Gasteiger partial charge < -0.3 is 4.57 Å². The number of aromatic nitrogens is 3. The van der Waals surface area contributed by atoms with Crippen molar-refractivity contribution in [2.75, 3.05) is 5.88 Å². The van der Waals surface area contributed by atoms with Gasteiger partial charge in [0, 0.05) is 18.5 Å². The average Bonchev–Trinajstić information content (AvgIpc) is 2.57. The third-order valence-corrected chi connectivity index (χ3v) is 2.41. The molecule has 2 heterocycles. The highest BCUT2D eigenvalue weighted by molar-refractivity contribution is 6.17. The first-order valence-corrected chi connectivity index (χ1v) is 5.40. The number of rotatable bonds is 4. The Kier molecular flexibility index (Phi) is 3.33. The number of aryl methyl sites for hydroxylation is 1. The largest absolute Gasteiger partial charge is 0.307 e. The van der Waals surface area contributed by atoms with Gasteiger partial charge in [-0.3, -0.25) is 0 Å². The molecule has 0 saturated carbocycles. The van der Waals surface area contributed by atoms with Crippen LogP contribution in [0.5, 0.6) is 0 Å². The molecule has 0 aliphatic heterocycles. The van der Waals surface area contributed by atoms with Crippen molar-refractivity contribution >= 4 is 22.8 Å². The summed E-state index contributed by atoms with van der Waals surface area (Å²) < 4.78 is 26.3. The number of hydrogen-bond acceptors (Lipinski definition) is 2. The predicted molar refractivity (Wildman–Crippen MR) is 58.0 cm³/mol. The lowest BCUT2D eigenvalue weighted by molar-refractivity contribution is 0.126. The van der Waals surface area contributed by atoms with E-state index in [0.29, 0.717) is 29.3 Å². The van der Waals surface area contributed by atoms with Crippen molar-refractivity contribution in [2.24, 2.45) is 0 Å². The molecule has 6 heteroatoms. The minimum Gasteiger partial charge on any atom is -0.307 e. The molecule has 0 bridgehead atoms. The molecule has 0 aliphatic carbocycles. The first-order valence-electron chi connectivity index (χ1n) is 4.86. The van der Waals surface area contributed by atoms with Crippen molar-refractivity contribution in [2.45, 2.75) is 19.4 Å². The summed E-state index contributed by atoms with van der Waals surface area (Å²) in [4.78, 5) is 8.30. The molecule has 2 rings (SSSR count). The molecule has 86 valence electrons. The molecular formula is C10H10ClF2N3. The highest BCUT2D eigenvalue weighted by Crippen LogP contribution is 2.16. The topological polar surface area (TPSA) is 30.7 Å². The standard InChI is InChI=1S/C10H10ClF2N3/c11-4-3-9-15-7-2-1-5-14-10(7)16(9)6-8(12)13/h1-2,5,8H,3-4,6H2. The van der Waals surface area contributed by atoms with E-state index in [1.165, 1.54) is 4.57 Å². The summed E-state index contributed by atoms with van der Waals surface area (Å²) in [6.45, 7) is -0.389. The van der Waals surface area contributed by atoms with Gasteiger partial charge in [0.25, 0.3) is 6.43 Å². The second-order valence-electron chi connectivity index (χ2n) is 3.31. The average molecular weight is 246 g/mol. The number of hydrogen-bond donors (Lipinski definition) is 0. The minimum atomic E-state index is -2.42. The molecule has 3 nitrogen and oxygen atoms in total. The Balaban J connectivity index is 2.50. The van der Waals surface area contributed by atoms with E-state index in [1.807, 2.05) is 0 Å². The van der Waals surface area contributed by atoms with E-state index >= 15 is 0 Å².